The van der Waals surface area contributed by atoms with Gasteiger partial charge in [0.15, 0.2) is 0 Å². The van der Waals surface area contributed by atoms with Crippen LogP contribution in [0.25, 0.3) is 0 Å². The highest BCUT2D eigenvalue weighted by atomic mass is 79.9. The van der Waals surface area contributed by atoms with Gasteiger partial charge in [-0.1, -0.05) is 6.92 Å². The first-order valence-corrected chi connectivity index (χ1v) is 6.34. The zero-order valence-corrected chi connectivity index (χ0v) is 11.5. The second-order valence-electron chi connectivity index (χ2n) is 3.68. The third-order valence-corrected chi connectivity index (χ3v) is 3.48. The lowest BCUT2D eigenvalue weighted by atomic mass is 10.3. The summed E-state index contributed by atoms with van der Waals surface area (Å²) in [6.45, 7) is 5.60. The second kappa shape index (κ2) is 4.87. The van der Waals surface area contributed by atoms with Gasteiger partial charge in [-0.2, -0.15) is 5.10 Å². The summed E-state index contributed by atoms with van der Waals surface area (Å²) < 4.78 is 4.74. The number of rotatable bonds is 4. The van der Waals surface area contributed by atoms with Crippen molar-refractivity contribution in [3.63, 3.8) is 0 Å². The summed E-state index contributed by atoms with van der Waals surface area (Å²) in [4.78, 5) is 3.91. The lowest BCUT2D eigenvalue weighted by Crippen LogP contribution is -2.09. The summed E-state index contributed by atoms with van der Waals surface area (Å²) in [5.74, 6) is 0.291. The molecule has 0 radical (unpaired) electrons. The fourth-order valence-corrected chi connectivity index (χ4v) is 2.40. The van der Waals surface area contributed by atoms with Gasteiger partial charge in [-0.3, -0.25) is 4.68 Å². The maximum absolute atomic E-state index is 5.50. The summed E-state index contributed by atoms with van der Waals surface area (Å²) in [6, 6.07) is 0. The van der Waals surface area contributed by atoms with E-state index in [0.717, 1.165) is 28.8 Å². The topological polar surface area (TPSA) is 74.5 Å². The molecule has 0 aliphatic heterocycles. The maximum Gasteiger partial charge on any atom is 0.239 e. The van der Waals surface area contributed by atoms with Crippen LogP contribution >= 0.6 is 15.9 Å². The van der Waals surface area contributed by atoms with Crippen LogP contribution < -0.4 is 5.73 Å². The van der Waals surface area contributed by atoms with Gasteiger partial charge in [0.05, 0.1) is 22.4 Å². The van der Waals surface area contributed by atoms with Gasteiger partial charge in [0.2, 0.25) is 5.95 Å². The number of hydrogen-bond acceptors (Lipinski definition) is 4. The van der Waals surface area contributed by atoms with E-state index in [4.69, 9.17) is 5.73 Å². The van der Waals surface area contributed by atoms with Crippen molar-refractivity contribution in [2.24, 2.45) is 0 Å². The van der Waals surface area contributed by atoms with E-state index < -0.39 is 0 Å². The number of aromatic nitrogens is 5. The Hall–Kier alpha value is -1.37. The minimum Gasteiger partial charge on any atom is -0.367 e. The van der Waals surface area contributed by atoms with Gasteiger partial charge in [-0.15, -0.1) is 5.10 Å². The zero-order valence-electron chi connectivity index (χ0n) is 9.89. The van der Waals surface area contributed by atoms with E-state index in [1.54, 1.807) is 11.0 Å². The molecule has 6 nitrogen and oxygen atoms in total. The van der Waals surface area contributed by atoms with Crippen LogP contribution in [0.2, 0.25) is 0 Å². The van der Waals surface area contributed by atoms with Crippen molar-refractivity contribution >= 4 is 21.9 Å². The normalized spacial score (nSPS) is 11.0. The summed E-state index contributed by atoms with van der Waals surface area (Å²) in [5, 5.41) is 8.61. The summed E-state index contributed by atoms with van der Waals surface area (Å²) in [5.41, 5.74) is 7.65. The van der Waals surface area contributed by atoms with Crippen LogP contribution in [0.1, 0.15) is 25.2 Å². The van der Waals surface area contributed by atoms with E-state index in [-0.39, 0.29) is 0 Å². The quantitative estimate of drug-likeness (QED) is 0.927. The van der Waals surface area contributed by atoms with Crippen molar-refractivity contribution in [3.05, 3.63) is 22.2 Å². The highest BCUT2D eigenvalue weighted by molar-refractivity contribution is 9.10. The van der Waals surface area contributed by atoms with Crippen LogP contribution in [0.15, 0.2) is 10.8 Å². The van der Waals surface area contributed by atoms with E-state index >= 15 is 0 Å². The molecule has 0 unspecified atom stereocenters. The average molecular weight is 299 g/mol. The summed E-state index contributed by atoms with van der Waals surface area (Å²) >= 11 is 3.59. The summed E-state index contributed by atoms with van der Waals surface area (Å²) in [6.07, 6.45) is 2.53. The van der Waals surface area contributed by atoms with Gasteiger partial charge >= 0.3 is 0 Å². The smallest absolute Gasteiger partial charge is 0.239 e. The fraction of sp³-hybridized carbons (Fsp3) is 0.500. The largest absolute Gasteiger partial charge is 0.367 e. The molecule has 0 fully saturated rings. The predicted molar refractivity (Wildman–Crippen MR) is 68.5 cm³/mol. The Bertz CT molecular complexity index is 515. The molecular weight excluding hydrogens is 284 g/mol. The molecule has 0 aliphatic rings. The molecule has 0 aliphatic carbocycles. The van der Waals surface area contributed by atoms with Gasteiger partial charge in [-0.25, -0.2) is 9.67 Å². The Balaban J connectivity index is 2.34. The van der Waals surface area contributed by atoms with E-state index in [1.807, 2.05) is 4.68 Å². The third-order valence-electron chi connectivity index (χ3n) is 2.56. The molecule has 2 N–H and O–H groups in total. The molecule has 2 rings (SSSR count). The maximum atomic E-state index is 5.50. The minimum atomic E-state index is 0.291. The highest BCUT2D eigenvalue weighted by Gasteiger charge is 2.14. The zero-order chi connectivity index (χ0) is 12.4. The molecular formula is C10H15BrN6. The number of nitrogens with two attached hydrogens (primary N) is 1. The van der Waals surface area contributed by atoms with Gasteiger partial charge in [0.1, 0.15) is 6.33 Å². The van der Waals surface area contributed by atoms with Crippen molar-refractivity contribution in [1.82, 2.24) is 24.5 Å². The molecule has 0 saturated carbocycles. The lowest BCUT2D eigenvalue weighted by molar-refractivity contribution is 0.573. The van der Waals surface area contributed by atoms with Crippen LogP contribution in [0.5, 0.6) is 0 Å². The Morgan fingerprint density at radius 2 is 2.12 bits per heavy atom. The Morgan fingerprint density at radius 1 is 1.35 bits per heavy atom. The minimum absolute atomic E-state index is 0.291. The Labute approximate surface area is 108 Å². The average Bonchev–Trinajstić information content (AvgIpc) is 2.85. The fourth-order valence-electron chi connectivity index (χ4n) is 1.71. The first-order valence-electron chi connectivity index (χ1n) is 5.54. The molecule has 7 heteroatoms. The number of aryl methyl sites for hydroxylation is 2. The molecule has 0 aromatic carbocycles. The molecule has 2 aromatic rings. The highest BCUT2D eigenvalue weighted by Crippen LogP contribution is 2.22. The molecule has 2 heterocycles. The number of halogens is 1. The Kier molecular flexibility index (Phi) is 3.46. The third kappa shape index (κ3) is 2.33. The Morgan fingerprint density at radius 3 is 2.65 bits per heavy atom. The first kappa shape index (κ1) is 12.1. The van der Waals surface area contributed by atoms with Crippen LogP contribution in [0.4, 0.5) is 5.95 Å². The van der Waals surface area contributed by atoms with Gasteiger partial charge in [0, 0.05) is 6.54 Å². The standard InChI is InChI=1S/C10H15BrN6/c1-3-7-9(11)8(17(4-2)14-7)5-16-6-13-10(12)15-16/h6H,3-5H2,1-2H3,(H2,12,15). The first-order chi connectivity index (χ1) is 8.15. The van der Waals surface area contributed by atoms with Gasteiger partial charge in [0.25, 0.3) is 0 Å². The molecule has 92 valence electrons. The van der Waals surface area contributed by atoms with E-state index in [1.165, 1.54) is 0 Å². The van der Waals surface area contributed by atoms with Crippen LogP contribution in [0.3, 0.4) is 0 Å². The monoisotopic (exact) mass is 298 g/mol. The number of hydrogen-bond donors (Lipinski definition) is 1. The molecule has 0 atom stereocenters. The molecule has 2 aromatic heterocycles. The number of anilines is 1. The van der Waals surface area contributed by atoms with Gasteiger partial charge in [-0.05, 0) is 29.3 Å². The van der Waals surface area contributed by atoms with Crippen LogP contribution in [0, 0.1) is 0 Å². The molecule has 0 amide bonds. The molecule has 0 saturated heterocycles. The number of nitrogens with zero attached hydrogens (tertiary/aromatic N) is 5. The van der Waals surface area contributed by atoms with Crippen LogP contribution in [-0.2, 0) is 19.5 Å². The van der Waals surface area contributed by atoms with E-state index in [0.29, 0.717) is 12.5 Å². The van der Waals surface area contributed by atoms with Crippen molar-refractivity contribution < 1.29 is 0 Å². The van der Waals surface area contributed by atoms with E-state index in [9.17, 15) is 0 Å². The molecule has 0 bridgehead atoms. The molecule has 17 heavy (non-hydrogen) atoms. The number of nitrogen functional groups attached to an aromatic ring is 1. The lowest BCUT2D eigenvalue weighted by Gasteiger charge is -2.04. The predicted octanol–water partition coefficient (Wildman–Crippen LogP) is 1.45. The van der Waals surface area contributed by atoms with Crippen molar-refractivity contribution in [1.29, 1.82) is 0 Å². The SMILES string of the molecule is CCc1nn(CC)c(Cn2cnc(N)n2)c1Br. The molecule has 0 spiro atoms. The van der Waals surface area contributed by atoms with Crippen molar-refractivity contribution in [2.75, 3.05) is 5.73 Å². The van der Waals surface area contributed by atoms with Crippen molar-refractivity contribution in [2.45, 2.75) is 33.4 Å². The van der Waals surface area contributed by atoms with Crippen molar-refractivity contribution in [3.8, 4) is 0 Å². The van der Waals surface area contributed by atoms with E-state index in [2.05, 4.69) is 45.0 Å². The van der Waals surface area contributed by atoms with Crippen LogP contribution in [-0.4, -0.2) is 24.5 Å². The second-order valence-corrected chi connectivity index (χ2v) is 4.47. The summed E-state index contributed by atoms with van der Waals surface area (Å²) in [7, 11) is 0. The van der Waals surface area contributed by atoms with Gasteiger partial charge < -0.3 is 5.73 Å².